The molecule has 47 heavy (non-hydrogen) atoms. The van der Waals surface area contributed by atoms with Gasteiger partial charge in [0.05, 0.1) is 23.3 Å². The molecule has 2 aliphatic heterocycles. The van der Waals surface area contributed by atoms with Gasteiger partial charge in [0, 0.05) is 78.0 Å². The van der Waals surface area contributed by atoms with Crippen LogP contribution in [0.15, 0.2) is 67.0 Å². The molecular formula is C38H41ClN6O2. The van der Waals surface area contributed by atoms with E-state index in [1.54, 1.807) is 0 Å². The first kappa shape index (κ1) is 32.3. The molecule has 0 amide bonds. The normalized spacial score (nSPS) is 14.4. The molecule has 7 rings (SSSR count). The molecule has 4 heterocycles. The Balaban J connectivity index is 0.000000203. The summed E-state index contributed by atoms with van der Waals surface area (Å²) in [6.07, 6.45) is 10.7. The van der Waals surface area contributed by atoms with Crippen molar-refractivity contribution in [3.05, 3.63) is 89.2 Å². The first-order valence-corrected chi connectivity index (χ1v) is 17.1. The predicted octanol–water partition coefficient (Wildman–Crippen LogP) is 7.56. The van der Waals surface area contributed by atoms with Gasteiger partial charge in [0.2, 0.25) is 0 Å². The number of nitrogens with one attached hydrogen (secondary N) is 2. The lowest BCUT2D eigenvalue weighted by molar-refractivity contribution is 0.171. The summed E-state index contributed by atoms with van der Waals surface area (Å²) in [6.45, 7) is 6.66. The van der Waals surface area contributed by atoms with E-state index in [1.807, 2.05) is 48.7 Å². The molecule has 9 heteroatoms. The second-order valence-electron chi connectivity index (χ2n) is 12.1. The second kappa shape index (κ2) is 15.8. The molecule has 0 unspecified atom stereocenters. The number of alkyl halides is 1. The van der Waals surface area contributed by atoms with Crippen LogP contribution >= 0.6 is 11.6 Å². The number of aryl methyl sites for hydroxylation is 2. The molecule has 8 nitrogen and oxygen atoms in total. The standard InChI is InChI=1S/C25H28N4O2.C13H13ClN2/c26-17-19-4-6-23-22(15-19)20(18-27-23)3-1-2-8-28-9-11-29(12-10-28)21-5-7-24-25(16-21)31-14-13-30-24;14-6-2-1-3-11-9-16-13-5-4-10(8-15)7-12(11)13/h4-7,15-16,18,27H,1-3,8-14H2;4-5,7,9,16H,1-3,6H2. The van der Waals surface area contributed by atoms with Gasteiger partial charge in [0.25, 0.3) is 0 Å². The Labute approximate surface area is 281 Å². The smallest absolute Gasteiger partial charge is 0.163 e. The maximum absolute atomic E-state index is 9.15. The highest BCUT2D eigenvalue weighted by Crippen LogP contribution is 2.34. The summed E-state index contributed by atoms with van der Waals surface area (Å²) >= 11 is 5.66. The fourth-order valence-electron chi connectivity index (χ4n) is 6.43. The van der Waals surface area contributed by atoms with Crippen LogP contribution in [0, 0.1) is 22.7 Å². The third-order valence-corrected chi connectivity index (χ3v) is 9.32. The molecule has 1 saturated heterocycles. The molecule has 0 radical (unpaired) electrons. The first-order chi connectivity index (χ1) is 23.1. The summed E-state index contributed by atoms with van der Waals surface area (Å²) in [5.41, 5.74) is 7.46. The fraction of sp³-hybridized carbons (Fsp3) is 0.368. The van der Waals surface area contributed by atoms with E-state index in [0.717, 1.165) is 98.3 Å². The third-order valence-electron chi connectivity index (χ3n) is 9.06. The van der Waals surface area contributed by atoms with E-state index in [0.29, 0.717) is 24.7 Å². The van der Waals surface area contributed by atoms with Gasteiger partial charge in [0.1, 0.15) is 13.2 Å². The van der Waals surface area contributed by atoms with Crippen molar-refractivity contribution in [2.75, 3.05) is 56.7 Å². The number of benzene rings is 3. The van der Waals surface area contributed by atoms with Crippen molar-refractivity contribution in [2.24, 2.45) is 0 Å². The summed E-state index contributed by atoms with van der Waals surface area (Å²) in [5.74, 6) is 2.43. The Morgan fingerprint density at radius 2 is 1.28 bits per heavy atom. The molecule has 0 aliphatic carbocycles. The van der Waals surface area contributed by atoms with Crippen LogP contribution in [0.1, 0.15) is 47.9 Å². The van der Waals surface area contributed by atoms with Gasteiger partial charge >= 0.3 is 0 Å². The van der Waals surface area contributed by atoms with Gasteiger partial charge in [-0.05, 0) is 105 Å². The van der Waals surface area contributed by atoms with Gasteiger partial charge in [-0.3, -0.25) is 4.90 Å². The van der Waals surface area contributed by atoms with Gasteiger partial charge in [-0.1, -0.05) is 0 Å². The largest absolute Gasteiger partial charge is 0.486 e. The molecule has 5 aromatic rings. The number of hydrogen-bond donors (Lipinski definition) is 2. The molecule has 2 aliphatic rings. The number of anilines is 1. The number of fused-ring (bicyclic) bond motifs is 3. The number of piperazine rings is 1. The minimum atomic E-state index is 0.627. The molecule has 2 N–H and O–H groups in total. The lowest BCUT2D eigenvalue weighted by Crippen LogP contribution is -2.46. The van der Waals surface area contributed by atoms with Crippen molar-refractivity contribution in [1.29, 1.82) is 10.5 Å². The van der Waals surface area contributed by atoms with Crippen LogP contribution in [0.5, 0.6) is 11.5 Å². The average molecular weight is 649 g/mol. The third kappa shape index (κ3) is 8.03. The number of nitrogens with zero attached hydrogens (tertiary/aromatic N) is 4. The highest BCUT2D eigenvalue weighted by atomic mass is 35.5. The Morgan fingerprint density at radius 1 is 0.681 bits per heavy atom. The van der Waals surface area contributed by atoms with E-state index in [-0.39, 0.29) is 0 Å². The van der Waals surface area contributed by atoms with E-state index in [1.165, 1.54) is 28.6 Å². The molecular weight excluding hydrogens is 608 g/mol. The van der Waals surface area contributed by atoms with Crippen LogP contribution in [0.25, 0.3) is 21.8 Å². The van der Waals surface area contributed by atoms with E-state index in [9.17, 15) is 0 Å². The highest BCUT2D eigenvalue weighted by Gasteiger charge is 2.19. The zero-order chi connectivity index (χ0) is 32.4. The second-order valence-corrected chi connectivity index (χ2v) is 12.5. The predicted molar refractivity (Wildman–Crippen MR) is 189 cm³/mol. The monoisotopic (exact) mass is 648 g/mol. The van der Waals surface area contributed by atoms with Crippen molar-refractivity contribution in [2.45, 2.75) is 38.5 Å². The number of halogens is 1. The maximum atomic E-state index is 9.15. The van der Waals surface area contributed by atoms with Crippen LogP contribution in [0.2, 0.25) is 0 Å². The molecule has 0 spiro atoms. The Hall–Kier alpha value is -4.63. The molecule has 0 bridgehead atoms. The average Bonchev–Trinajstić information content (AvgIpc) is 3.73. The van der Waals surface area contributed by atoms with Gasteiger partial charge in [-0.15, -0.1) is 11.6 Å². The SMILES string of the molecule is N#Cc1ccc2[nH]cc(CCCCCl)c2c1.N#Cc1ccc2[nH]cc(CCCCN3CCN(c4ccc5c(c4)OCCO5)CC3)c2c1. The molecule has 0 saturated carbocycles. The van der Waals surface area contributed by atoms with Crippen LogP contribution in [0.3, 0.4) is 0 Å². The number of hydrogen-bond acceptors (Lipinski definition) is 6. The molecule has 0 atom stereocenters. The topological polar surface area (TPSA) is 104 Å². The van der Waals surface area contributed by atoms with E-state index in [4.69, 9.17) is 31.6 Å². The zero-order valence-electron chi connectivity index (χ0n) is 26.7. The number of aromatic nitrogens is 2. The summed E-state index contributed by atoms with van der Waals surface area (Å²) in [5, 5.41) is 20.4. The Bertz CT molecular complexity index is 1870. The number of ether oxygens (including phenoxy) is 2. The lowest BCUT2D eigenvalue weighted by atomic mass is 10.1. The van der Waals surface area contributed by atoms with Crippen LogP contribution in [-0.2, 0) is 12.8 Å². The quantitative estimate of drug-likeness (QED) is 0.120. The van der Waals surface area contributed by atoms with Crippen molar-refractivity contribution in [1.82, 2.24) is 14.9 Å². The number of unbranched alkanes of at least 4 members (excludes halogenated alkanes) is 2. The lowest BCUT2D eigenvalue weighted by Gasteiger charge is -2.36. The molecule has 3 aromatic carbocycles. The summed E-state index contributed by atoms with van der Waals surface area (Å²) in [6, 6.07) is 22.3. The van der Waals surface area contributed by atoms with Gasteiger partial charge in [-0.2, -0.15) is 10.5 Å². The first-order valence-electron chi connectivity index (χ1n) is 16.6. The summed E-state index contributed by atoms with van der Waals surface area (Å²) in [4.78, 5) is 11.6. The molecule has 242 valence electrons. The number of aromatic amines is 2. The molecule has 2 aromatic heterocycles. The zero-order valence-corrected chi connectivity index (χ0v) is 27.5. The van der Waals surface area contributed by atoms with Crippen molar-refractivity contribution in [3.63, 3.8) is 0 Å². The minimum absolute atomic E-state index is 0.627. The van der Waals surface area contributed by atoms with E-state index < -0.39 is 0 Å². The van der Waals surface area contributed by atoms with Crippen LogP contribution < -0.4 is 14.4 Å². The maximum Gasteiger partial charge on any atom is 0.163 e. The Kier molecular flexibility index (Phi) is 10.8. The van der Waals surface area contributed by atoms with Gasteiger partial charge in [-0.25, -0.2) is 0 Å². The minimum Gasteiger partial charge on any atom is -0.486 e. The van der Waals surface area contributed by atoms with Crippen LogP contribution in [0.4, 0.5) is 5.69 Å². The van der Waals surface area contributed by atoms with E-state index >= 15 is 0 Å². The Morgan fingerprint density at radius 3 is 1.87 bits per heavy atom. The molecule has 1 fully saturated rings. The van der Waals surface area contributed by atoms with Crippen molar-refractivity contribution >= 4 is 39.1 Å². The van der Waals surface area contributed by atoms with Crippen molar-refractivity contribution < 1.29 is 9.47 Å². The van der Waals surface area contributed by atoms with E-state index in [2.05, 4.69) is 50.2 Å². The van der Waals surface area contributed by atoms with Gasteiger partial charge < -0.3 is 24.3 Å². The number of rotatable bonds is 10. The van der Waals surface area contributed by atoms with Crippen LogP contribution in [-0.4, -0.2) is 66.7 Å². The highest BCUT2D eigenvalue weighted by molar-refractivity contribution is 6.17. The number of H-pyrrole nitrogens is 2. The van der Waals surface area contributed by atoms with Gasteiger partial charge in [0.15, 0.2) is 11.5 Å². The number of nitriles is 2. The van der Waals surface area contributed by atoms with Crippen molar-refractivity contribution in [3.8, 4) is 23.6 Å². The fourth-order valence-corrected chi connectivity index (χ4v) is 6.62. The summed E-state index contributed by atoms with van der Waals surface area (Å²) in [7, 11) is 0. The summed E-state index contributed by atoms with van der Waals surface area (Å²) < 4.78 is 11.4.